The average Bonchev–Trinajstić information content (AvgIpc) is 2.95. The molecule has 0 aromatic carbocycles. The maximum atomic E-state index is 12.3. The maximum absolute atomic E-state index is 12.3. The number of hydrogen-bond donors (Lipinski definition) is 3. The second-order valence-corrected chi connectivity index (χ2v) is 7.49. The molecule has 1 heterocycles. The Hall–Kier alpha value is -1.89. The van der Waals surface area contributed by atoms with Crippen LogP contribution in [0.3, 0.4) is 0 Å². The lowest BCUT2D eigenvalue weighted by Crippen LogP contribution is -2.46. The van der Waals surface area contributed by atoms with Gasteiger partial charge >= 0.3 is 5.97 Å². The summed E-state index contributed by atoms with van der Waals surface area (Å²) in [6.07, 6.45) is 4.52. The number of fused-ring (bicyclic) bond motifs is 1. The summed E-state index contributed by atoms with van der Waals surface area (Å²) in [7, 11) is 0. The first-order valence-corrected chi connectivity index (χ1v) is 9.16. The van der Waals surface area contributed by atoms with Crippen LogP contribution in [-0.2, 0) is 22.4 Å². The van der Waals surface area contributed by atoms with Gasteiger partial charge in [-0.05, 0) is 43.6 Å². The summed E-state index contributed by atoms with van der Waals surface area (Å²) in [6.45, 7) is 3.57. The molecule has 0 saturated heterocycles. The van der Waals surface area contributed by atoms with E-state index in [4.69, 9.17) is 5.11 Å². The summed E-state index contributed by atoms with van der Waals surface area (Å²) in [4.78, 5) is 36.6. The van der Waals surface area contributed by atoms with Crippen LogP contribution in [0.1, 0.15) is 53.9 Å². The van der Waals surface area contributed by atoms with Crippen molar-refractivity contribution in [2.75, 3.05) is 6.54 Å². The number of aliphatic carboxylic acids is 1. The molecule has 1 aliphatic rings. The minimum Gasteiger partial charge on any atom is -0.480 e. The Morgan fingerprint density at radius 2 is 1.96 bits per heavy atom. The number of amides is 2. The molecule has 3 N–H and O–H groups in total. The van der Waals surface area contributed by atoms with E-state index in [1.165, 1.54) is 4.88 Å². The minimum absolute atomic E-state index is 0.151. The molecule has 2 amide bonds. The Labute approximate surface area is 145 Å². The number of carboxylic acid groups (broad SMARTS) is 1. The highest BCUT2D eigenvalue weighted by Crippen LogP contribution is 2.30. The SMILES string of the molecule is CC(C)C[C@H](NC(=O)CNC(=O)c1csc2c1CCCC2)C(=O)O. The lowest BCUT2D eigenvalue weighted by atomic mass is 9.96. The molecule has 1 aromatic rings. The average molecular weight is 352 g/mol. The van der Waals surface area contributed by atoms with E-state index >= 15 is 0 Å². The van der Waals surface area contributed by atoms with Gasteiger partial charge in [-0.25, -0.2) is 4.79 Å². The predicted molar refractivity (Wildman–Crippen MR) is 92.3 cm³/mol. The van der Waals surface area contributed by atoms with Gasteiger partial charge in [0.2, 0.25) is 5.91 Å². The van der Waals surface area contributed by atoms with Crippen LogP contribution >= 0.6 is 11.3 Å². The van der Waals surface area contributed by atoms with Gasteiger partial charge in [-0.15, -0.1) is 11.3 Å². The third-order valence-corrected chi connectivity index (χ3v) is 5.14. The predicted octanol–water partition coefficient (Wildman–Crippen LogP) is 1.97. The second kappa shape index (κ2) is 8.28. The molecule has 0 aliphatic heterocycles. The Balaban J connectivity index is 1.88. The van der Waals surface area contributed by atoms with Crippen molar-refractivity contribution in [3.8, 4) is 0 Å². The highest BCUT2D eigenvalue weighted by molar-refractivity contribution is 7.10. The Morgan fingerprint density at radius 1 is 1.25 bits per heavy atom. The smallest absolute Gasteiger partial charge is 0.326 e. The van der Waals surface area contributed by atoms with Gasteiger partial charge < -0.3 is 15.7 Å². The topological polar surface area (TPSA) is 95.5 Å². The number of rotatable bonds is 7. The van der Waals surface area contributed by atoms with Crippen molar-refractivity contribution < 1.29 is 19.5 Å². The van der Waals surface area contributed by atoms with E-state index < -0.39 is 17.9 Å². The summed E-state index contributed by atoms with van der Waals surface area (Å²) in [5.41, 5.74) is 1.76. The fraction of sp³-hybridized carbons (Fsp3) is 0.588. The van der Waals surface area contributed by atoms with E-state index in [1.54, 1.807) is 11.3 Å². The number of carbonyl (C=O) groups excluding carboxylic acids is 2. The van der Waals surface area contributed by atoms with Crippen LogP contribution in [0.25, 0.3) is 0 Å². The molecule has 1 atom stereocenters. The molecule has 6 nitrogen and oxygen atoms in total. The van der Waals surface area contributed by atoms with E-state index in [0.717, 1.165) is 31.2 Å². The molecule has 0 unspecified atom stereocenters. The van der Waals surface area contributed by atoms with Gasteiger partial charge in [-0.1, -0.05) is 13.8 Å². The lowest BCUT2D eigenvalue weighted by molar-refractivity contribution is -0.142. The van der Waals surface area contributed by atoms with Crippen molar-refractivity contribution in [2.24, 2.45) is 5.92 Å². The second-order valence-electron chi connectivity index (χ2n) is 6.53. The molecule has 0 radical (unpaired) electrons. The van der Waals surface area contributed by atoms with E-state index in [2.05, 4.69) is 10.6 Å². The maximum Gasteiger partial charge on any atom is 0.326 e. The van der Waals surface area contributed by atoms with Crippen LogP contribution in [-0.4, -0.2) is 35.5 Å². The number of hydrogen-bond acceptors (Lipinski definition) is 4. The van der Waals surface area contributed by atoms with Crippen molar-refractivity contribution in [1.82, 2.24) is 10.6 Å². The first kappa shape index (κ1) is 18.4. The van der Waals surface area contributed by atoms with Crippen LogP contribution < -0.4 is 10.6 Å². The molecule has 0 bridgehead atoms. The highest BCUT2D eigenvalue weighted by atomic mass is 32.1. The minimum atomic E-state index is -1.06. The zero-order chi connectivity index (χ0) is 17.7. The summed E-state index contributed by atoms with van der Waals surface area (Å²) in [6, 6.07) is -0.927. The fourth-order valence-electron chi connectivity index (χ4n) is 2.88. The monoisotopic (exact) mass is 352 g/mol. The zero-order valence-electron chi connectivity index (χ0n) is 14.1. The van der Waals surface area contributed by atoms with Crippen molar-refractivity contribution in [1.29, 1.82) is 0 Å². The van der Waals surface area contributed by atoms with Gasteiger partial charge in [-0.3, -0.25) is 9.59 Å². The number of aryl methyl sites for hydroxylation is 1. The summed E-state index contributed by atoms with van der Waals surface area (Å²) >= 11 is 1.60. The van der Waals surface area contributed by atoms with Crippen molar-refractivity contribution in [3.63, 3.8) is 0 Å². The Bertz CT molecular complexity index is 624. The Kier molecular flexibility index (Phi) is 6.36. The first-order valence-electron chi connectivity index (χ1n) is 8.28. The molecule has 1 aromatic heterocycles. The lowest BCUT2D eigenvalue weighted by Gasteiger charge is -2.17. The molecule has 24 heavy (non-hydrogen) atoms. The zero-order valence-corrected chi connectivity index (χ0v) is 14.9. The molecule has 0 fully saturated rings. The van der Waals surface area contributed by atoms with Crippen LogP contribution in [0, 0.1) is 5.92 Å². The van der Waals surface area contributed by atoms with Gasteiger partial charge in [0.1, 0.15) is 6.04 Å². The van der Waals surface area contributed by atoms with Gasteiger partial charge in [0.25, 0.3) is 5.91 Å². The summed E-state index contributed by atoms with van der Waals surface area (Å²) in [5, 5.41) is 16.0. The number of carbonyl (C=O) groups is 3. The van der Waals surface area contributed by atoms with Crippen molar-refractivity contribution >= 4 is 29.1 Å². The van der Waals surface area contributed by atoms with Gasteiger partial charge in [0, 0.05) is 10.3 Å². The largest absolute Gasteiger partial charge is 0.480 e. The Morgan fingerprint density at radius 3 is 2.62 bits per heavy atom. The molecule has 2 rings (SSSR count). The van der Waals surface area contributed by atoms with Crippen LogP contribution in [0.5, 0.6) is 0 Å². The molecular weight excluding hydrogens is 328 g/mol. The number of carboxylic acids is 1. The first-order chi connectivity index (χ1) is 11.4. The van der Waals surface area contributed by atoms with Crippen LogP contribution in [0.2, 0.25) is 0 Å². The van der Waals surface area contributed by atoms with E-state index in [-0.39, 0.29) is 18.4 Å². The quantitative estimate of drug-likeness (QED) is 0.699. The normalized spacial score (nSPS) is 14.8. The van der Waals surface area contributed by atoms with Gasteiger partial charge in [0.15, 0.2) is 0 Å². The van der Waals surface area contributed by atoms with Gasteiger partial charge in [0.05, 0.1) is 12.1 Å². The third kappa shape index (κ3) is 4.80. The molecule has 132 valence electrons. The van der Waals surface area contributed by atoms with Crippen molar-refractivity contribution in [3.05, 3.63) is 21.4 Å². The van der Waals surface area contributed by atoms with E-state index in [0.29, 0.717) is 12.0 Å². The fourth-order valence-corrected chi connectivity index (χ4v) is 4.00. The molecule has 7 heteroatoms. The summed E-state index contributed by atoms with van der Waals surface area (Å²) < 4.78 is 0. The standard InChI is InChI=1S/C17H24N2O4S/c1-10(2)7-13(17(22)23)19-15(20)8-18-16(21)12-9-24-14-6-4-3-5-11(12)14/h9-10,13H,3-8H2,1-2H3,(H,18,21)(H,19,20)(H,22,23)/t13-/m0/s1. The van der Waals surface area contributed by atoms with E-state index in [9.17, 15) is 14.4 Å². The number of thiophene rings is 1. The third-order valence-electron chi connectivity index (χ3n) is 4.06. The highest BCUT2D eigenvalue weighted by Gasteiger charge is 2.23. The molecule has 1 aliphatic carbocycles. The van der Waals surface area contributed by atoms with E-state index in [1.807, 2.05) is 19.2 Å². The number of nitrogens with one attached hydrogen (secondary N) is 2. The molecule has 0 spiro atoms. The van der Waals surface area contributed by atoms with Crippen LogP contribution in [0.4, 0.5) is 0 Å². The van der Waals surface area contributed by atoms with Crippen LogP contribution in [0.15, 0.2) is 5.38 Å². The summed E-state index contributed by atoms with van der Waals surface area (Å²) in [5.74, 6) is -1.66. The molecule has 0 saturated carbocycles. The van der Waals surface area contributed by atoms with Gasteiger partial charge in [-0.2, -0.15) is 0 Å². The molecular formula is C17H24N2O4S. The van der Waals surface area contributed by atoms with Crippen molar-refractivity contribution in [2.45, 2.75) is 52.0 Å².